The molecule has 6 rings (SSSR count). The number of hydrogen-bond donors (Lipinski definition) is 0. The Kier molecular flexibility index (Phi) is 7.47. The van der Waals surface area contributed by atoms with Crippen LogP contribution in [0.25, 0.3) is 11.1 Å². The zero-order valence-corrected chi connectivity index (χ0v) is 26.3. The number of rotatable bonds is 8. The van der Waals surface area contributed by atoms with Gasteiger partial charge in [0.1, 0.15) is 0 Å². The topological polar surface area (TPSA) is 34.1 Å². The molecule has 1 aliphatic carbocycles. The zero-order valence-electron chi connectivity index (χ0n) is 24.5. The van der Waals surface area contributed by atoms with Crippen molar-refractivity contribution in [3.8, 4) is 11.1 Å². The van der Waals surface area contributed by atoms with Crippen molar-refractivity contribution in [2.24, 2.45) is 0 Å². The van der Waals surface area contributed by atoms with Gasteiger partial charge in [0.15, 0.2) is 14.3 Å². The molecule has 0 saturated carbocycles. The van der Waals surface area contributed by atoms with Gasteiger partial charge >= 0.3 is 0 Å². The van der Waals surface area contributed by atoms with Gasteiger partial charge in [-0.25, -0.2) is 0 Å². The summed E-state index contributed by atoms with van der Waals surface area (Å²) in [6.45, 7) is 12.3. The van der Waals surface area contributed by atoms with Crippen LogP contribution >= 0.6 is 14.3 Å². The fourth-order valence-electron chi connectivity index (χ4n) is 6.34. The Hall–Kier alpha value is -4.22. The third kappa shape index (κ3) is 4.58. The first-order valence-electron chi connectivity index (χ1n) is 14.4. The lowest BCUT2D eigenvalue weighted by Crippen LogP contribution is -2.26. The Balaban J connectivity index is 1.53. The van der Waals surface area contributed by atoms with Crippen LogP contribution in [-0.4, -0.2) is 0 Å². The summed E-state index contributed by atoms with van der Waals surface area (Å²) in [6, 6.07) is 41.6. The smallest absolute Gasteiger partial charge is 0.171 e. The van der Waals surface area contributed by atoms with E-state index in [0.717, 1.165) is 48.8 Å². The van der Waals surface area contributed by atoms with Crippen molar-refractivity contribution in [3.05, 3.63) is 175 Å². The summed E-state index contributed by atoms with van der Waals surface area (Å²) < 4.78 is 30.2. The summed E-state index contributed by atoms with van der Waals surface area (Å²) in [5, 5.41) is 4.59. The van der Waals surface area contributed by atoms with Gasteiger partial charge < -0.3 is 9.13 Å². The normalized spacial score (nSPS) is 15.2. The van der Waals surface area contributed by atoms with Crippen molar-refractivity contribution in [3.63, 3.8) is 0 Å². The molecule has 0 amide bonds. The largest absolute Gasteiger partial charge is 0.309 e. The molecule has 2 nitrogen and oxygen atoms in total. The van der Waals surface area contributed by atoms with Gasteiger partial charge in [0.2, 0.25) is 0 Å². The Morgan fingerprint density at radius 3 is 1.49 bits per heavy atom. The molecule has 0 aliphatic heterocycles. The van der Waals surface area contributed by atoms with Gasteiger partial charge in [-0.15, -0.1) is 0 Å². The summed E-state index contributed by atoms with van der Waals surface area (Å²) in [6.07, 6.45) is 5.14. The molecule has 1 aliphatic rings. The molecule has 1 unspecified atom stereocenters. The predicted octanol–water partition coefficient (Wildman–Crippen LogP) is 8.20. The van der Waals surface area contributed by atoms with Crippen LogP contribution in [0.4, 0.5) is 0 Å². The monoisotopic (exact) mass is 596 g/mol. The molecular formula is C39H34O2P2. The van der Waals surface area contributed by atoms with E-state index in [4.69, 9.17) is 0 Å². The lowest BCUT2D eigenvalue weighted by molar-refractivity contribution is 0.590. The maximum absolute atomic E-state index is 15.2. The van der Waals surface area contributed by atoms with Crippen molar-refractivity contribution in [1.29, 1.82) is 0 Å². The van der Waals surface area contributed by atoms with Crippen LogP contribution in [0.15, 0.2) is 164 Å². The lowest BCUT2D eigenvalue weighted by atomic mass is 9.82. The van der Waals surface area contributed by atoms with Crippen LogP contribution in [0, 0.1) is 0 Å². The lowest BCUT2D eigenvalue weighted by Gasteiger charge is -2.26. The van der Waals surface area contributed by atoms with E-state index in [0.29, 0.717) is 5.31 Å². The van der Waals surface area contributed by atoms with Crippen LogP contribution < -0.4 is 26.5 Å². The van der Waals surface area contributed by atoms with Crippen LogP contribution in [0.2, 0.25) is 0 Å². The standard InChI is InChI=1S/C39H34O2P2/c1-5-16-29(6-2)42(40,30-17-10-7-11-18-30)33-23-25-35-36-26-24-34(28-38(36)39(3,4)37(35)27-33)43(41,31-19-12-8-13-20-31)32-21-14-9-15-22-32/h5-28H,1-2H2,3-4H3. The highest BCUT2D eigenvalue weighted by molar-refractivity contribution is 7.85. The van der Waals surface area contributed by atoms with Crippen LogP contribution in [0.5, 0.6) is 0 Å². The average Bonchev–Trinajstić information content (AvgIpc) is 3.29. The molecule has 212 valence electrons. The summed E-state index contributed by atoms with van der Waals surface area (Å²) in [5.74, 6) is 0. The molecule has 5 aromatic rings. The van der Waals surface area contributed by atoms with Gasteiger partial charge in [-0.1, -0.05) is 160 Å². The first-order valence-corrected chi connectivity index (χ1v) is 17.8. The van der Waals surface area contributed by atoms with E-state index in [1.165, 1.54) is 0 Å². The van der Waals surface area contributed by atoms with Gasteiger partial charge in [0.05, 0.1) is 0 Å². The van der Waals surface area contributed by atoms with E-state index in [1.54, 1.807) is 18.2 Å². The maximum atomic E-state index is 15.2. The summed E-state index contributed by atoms with van der Waals surface area (Å²) >= 11 is 0. The highest BCUT2D eigenvalue weighted by atomic mass is 31.2. The van der Waals surface area contributed by atoms with Crippen molar-refractivity contribution in [2.45, 2.75) is 19.3 Å². The fraction of sp³-hybridized carbons (Fsp3) is 0.0769. The van der Waals surface area contributed by atoms with Gasteiger partial charge in [0.25, 0.3) is 0 Å². The Morgan fingerprint density at radius 2 is 1.02 bits per heavy atom. The number of fused-ring (bicyclic) bond motifs is 3. The molecular weight excluding hydrogens is 562 g/mol. The van der Waals surface area contributed by atoms with Crippen molar-refractivity contribution in [2.75, 3.05) is 0 Å². The van der Waals surface area contributed by atoms with E-state index in [-0.39, 0.29) is 0 Å². The quantitative estimate of drug-likeness (QED) is 0.134. The SMILES string of the molecule is C=CC=C(C=C)P(=O)(c1ccccc1)c1ccc2c(c1)C(C)(C)c1cc(P(=O)(c3ccccc3)c3ccccc3)ccc1-2. The number of benzene rings is 5. The fourth-order valence-corrected chi connectivity index (χ4v) is 11.7. The van der Waals surface area contributed by atoms with Crippen molar-refractivity contribution < 1.29 is 9.13 Å². The second kappa shape index (κ2) is 11.1. The minimum atomic E-state index is -3.22. The van der Waals surface area contributed by atoms with E-state index in [1.807, 2.05) is 103 Å². The van der Waals surface area contributed by atoms with Crippen molar-refractivity contribution in [1.82, 2.24) is 0 Å². The van der Waals surface area contributed by atoms with Crippen molar-refractivity contribution >= 4 is 40.8 Å². The third-order valence-corrected chi connectivity index (χ3v) is 14.7. The predicted molar refractivity (Wildman–Crippen MR) is 185 cm³/mol. The zero-order chi connectivity index (χ0) is 30.2. The Labute approximate surface area is 254 Å². The molecule has 0 saturated heterocycles. The molecule has 5 aromatic carbocycles. The molecule has 0 N–H and O–H groups in total. The second-order valence-electron chi connectivity index (χ2n) is 11.3. The second-order valence-corrected chi connectivity index (χ2v) is 16.9. The molecule has 0 heterocycles. The molecule has 43 heavy (non-hydrogen) atoms. The maximum Gasteiger partial charge on any atom is 0.171 e. The first kappa shape index (κ1) is 28.9. The van der Waals surface area contributed by atoms with Gasteiger partial charge in [-0.05, 0) is 34.4 Å². The molecule has 0 radical (unpaired) electrons. The van der Waals surface area contributed by atoms with Gasteiger partial charge in [0, 0.05) is 37.3 Å². The minimum Gasteiger partial charge on any atom is -0.309 e. The van der Waals surface area contributed by atoms with E-state index >= 15 is 9.13 Å². The highest BCUT2D eigenvalue weighted by Crippen LogP contribution is 2.55. The molecule has 0 spiro atoms. The van der Waals surface area contributed by atoms with Gasteiger partial charge in [-0.2, -0.15) is 0 Å². The molecule has 0 aromatic heterocycles. The third-order valence-electron chi connectivity index (χ3n) is 8.59. The average molecular weight is 597 g/mol. The number of allylic oxidation sites excluding steroid dienone is 4. The Morgan fingerprint density at radius 1 is 0.581 bits per heavy atom. The molecule has 0 fully saturated rings. The van der Waals surface area contributed by atoms with E-state index in [9.17, 15) is 0 Å². The van der Waals surface area contributed by atoms with E-state index in [2.05, 4.69) is 51.3 Å². The van der Waals surface area contributed by atoms with Crippen LogP contribution in [0.3, 0.4) is 0 Å². The first-order chi connectivity index (χ1) is 20.8. The van der Waals surface area contributed by atoms with Crippen LogP contribution in [0.1, 0.15) is 25.0 Å². The molecule has 0 bridgehead atoms. The molecule has 1 atom stereocenters. The van der Waals surface area contributed by atoms with Crippen LogP contribution in [-0.2, 0) is 14.5 Å². The van der Waals surface area contributed by atoms with Gasteiger partial charge in [-0.3, -0.25) is 0 Å². The summed E-state index contributed by atoms with van der Waals surface area (Å²) in [4.78, 5) is 0. The summed E-state index contributed by atoms with van der Waals surface area (Å²) in [7, 11) is -6.36. The number of hydrogen-bond acceptors (Lipinski definition) is 2. The molecule has 4 heteroatoms. The minimum absolute atomic E-state index is 0.410. The summed E-state index contributed by atoms with van der Waals surface area (Å²) in [5.41, 5.74) is 4.03. The van der Waals surface area contributed by atoms with E-state index < -0.39 is 19.7 Å². The highest BCUT2D eigenvalue weighted by Gasteiger charge is 2.40. The Bertz CT molecular complexity index is 1930.